The summed E-state index contributed by atoms with van der Waals surface area (Å²) >= 11 is 24.4. The molecular weight excluding hydrogens is 412 g/mol. The lowest BCUT2D eigenvalue weighted by molar-refractivity contribution is -0.140. The van der Waals surface area contributed by atoms with Crippen molar-refractivity contribution in [1.82, 2.24) is 5.32 Å². The average Bonchev–Trinajstić information content (AvgIpc) is 3.03. The summed E-state index contributed by atoms with van der Waals surface area (Å²) in [5.41, 5.74) is -0.643. The van der Waals surface area contributed by atoms with Crippen LogP contribution in [-0.4, -0.2) is 38.8 Å². The predicted octanol–water partition coefficient (Wildman–Crippen LogP) is 3.54. The molecule has 0 spiro atoms. The molecule has 3 rings (SSSR count). The minimum absolute atomic E-state index is 0.0945. The van der Waals surface area contributed by atoms with Crippen LogP contribution in [0.25, 0.3) is 0 Å². The maximum atomic E-state index is 12.4. The second-order valence-corrected chi connectivity index (χ2v) is 8.44. The lowest BCUT2D eigenvalue weighted by atomic mass is 9.93. The van der Waals surface area contributed by atoms with Crippen molar-refractivity contribution in [2.24, 2.45) is 0 Å². The summed E-state index contributed by atoms with van der Waals surface area (Å²) in [4.78, 5) is 24.3. The number of alkyl carbamates (subject to hydrolysis) is 1. The number of carbonyl (C=O) groups excluding carboxylic acids is 2. The van der Waals surface area contributed by atoms with E-state index >= 15 is 0 Å². The molecule has 2 aliphatic heterocycles. The van der Waals surface area contributed by atoms with E-state index in [-0.39, 0.29) is 13.2 Å². The predicted molar refractivity (Wildman–Crippen MR) is 95.3 cm³/mol. The van der Waals surface area contributed by atoms with Crippen molar-refractivity contribution in [2.45, 2.75) is 27.0 Å². The second-order valence-electron chi connectivity index (χ2n) is 5.73. The molecule has 0 radical (unpaired) electrons. The van der Waals surface area contributed by atoms with E-state index in [4.69, 9.17) is 55.9 Å². The quantitative estimate of drug-likeness (QED) is 0.593. The number of benzene rings is 1. The Hall–Kier alpha value is -0.980. The fourth-order valence-corrected chi connectivity index (χ4v) is 4.00. The van der Waals surface area contributed by atoms with E-state index in [2.05, 4.69) is 5.32 Å². The van der Waals surface area contributed by atoms with Crippen LogP contribution in [0.2, 0.25) is 0 Å². The van der Waals surface area contributed by atoms with Gasteiger partial charge >= 0.3 is 6.09 Å². The number of ketones is 1. The summed E-state index contributed by atoms with van der Waals surface area (Å²) in [6.45, 7) is -0.0898. The lowest BCUT2D eigenvalue weighted by Gasteiger charge is -2.45. The summed E-state index contributed by atoms with van der Waals surface area (Å²) in [6.07, 6.45) is 1.38. The molecule has 0 aliphatic carbocycles. The van der Waals surface area contributed by atoms with Gasteiger partial charge in [0.15, 0.2) is 0 Å². The van der Waals surface area contributed by atoms with Crippen LogP contribution in [0.1, 0.15) is 5.56 Å². The average molecular weight is 425 g/mol. The monoisotopic (exact) mass is 423 g/mol. The molecule has 2 aliphatic rings. The first-order valence-electron chi connectivity index (χ1n) is 7.31. The first-order chi connectivity index (χ1) is 11.7. The van der Waals surface area contributed by atoms with Crippen molar-refractivity contribution in [3.05, 3.63) is 48.0 Å². The molecule has 2 atom stereocenters. The maximum absolute atomic E-state index is 12.4. The number of hydrogen-bond donors (Lipinski definition) is 1. The van der Waals surface area contributed by atoms with Gasteiger partial charge in [-0.3, -0.25) is 4.79 Å². The number of fused-ring (bicyclic) bond motifs is 2. The number of halogens is 4. The van der Waals surface area contributed by atoms with Crippen LogP contribution in [0, 0.1) is 0 Å². The highest BCUT2D eigenvalue weighted by Crippen LogP contribution is 2.54. The Morgan fingerprint density at radius 2 is 1.88 bits per heavy atom. The van der Waals surface area contributed by atoms with E-state index in [9.17, 15) is 9.59 Å². The zero-order chi connectivity index (χ0) is 18.3. The summed E-state index contributed by atoms with van der Waals surface area (Å²) in [7, 11) is 0. The zero-order valence-electron chi connectivity index (χ0n) is 12.7. The SMILES string of the molecule is O=C(NCC12C=CC(O1)C(Cl)(Cl)C(=O)C2(Cl)Cl)OCc1ccccc1. The van der Waals surface area contributed by atoms with Gasteiger partial charge in [-0.2, -0.15) is 0 Å². The molecular formula is C16H13Cl4NO4. The van der Waals surface area contributed by atoms with Crippen molar-refractivity contribution < 1.29 is 19.1 Å². The molecule has 1 amide bonds. The van der Waals surface area contributed by atoms with Crippen molar-refractivity contribution in [3.63, 3.8) is 0 Å². The molecule has 1 fully saturated rings. The molecule has 2 bridgehead atoms. The Morgan fingerprint density at radius 3 is 2.56 bits per heavy atom. The van der Waals surface area contributed by atoms with Crippen molar-refractivity contribution in [3.8, 4) is 0 Å². The summed E-state index contributed by atoms with van der Waals surface area (Å²) in [6, 6.07) is 9.17. The van der Waals surface area contributed by atoms with Gasteiger partial charge in [-0.15, -0.1) is 0 Å². The fourth-order valence-electron chi connectivity index (χ4n) is 2.64. The van der Waals surface area contributed by atoms with E-state index in [1.165, 1.54) is 12.2 Å². The first-order valence-corrected chi connectivity index (χ1v) is 8.82. The highest BCUT2D eigenvalue weighted by Gasteiger charge is 2.69. The molecule has 9 heteroatoms. The largest absolute Gasteiger partial charge is 0.445 e. The molecule has 1 saturated heterocycles. The number of alkyl halides is 4. The third-order valence-corrected chi connectivity index (χ3v) is 5.82. The zero-order valence-corrected chi connectivity index (χ0v) is 15.7. The number of ether oxygens (including phenoxy) is 2. The number of nitrogens with one attached hydrogen (secondary N) is 1. The van der Waals surface area contributed by atoms with E-state index in [0.717, 1.165) is 5.56 Å². The first kappa shape index (κ1) is 18.8. The second kappa shape index (κ2) is 6.63. The minimum Gasteiger partial charge on any atom is -0.445 e. The fraction of sp³-hybridized carbons (Fsp3) is 0.375. The van der Waals surface area contributed by atoms with E-state index in [1.807, 2.05) is 30.3 Å². The van der Waals surface area contributed by atoms with Crippen LogP contribution in [0.3, 0.4) is 0 Å². The Balaban J connectivity index is 1.64. The van der Waals surface area contributed by atoms with Gasteiger partial charge in [-0.05, 0) is 11.6 Å². The van der Waals surface area contributed by atoms with Crippen LogP contribution >= 0.6 is 46.4 Å². The molecule has 0 saturated carbocycles. The Bertz CT molecular complexity index is 722. The van der Waals surface area contributed by atoms with Gasteiger partial charge in [0.25, 0.3) is 0 Å². The molecule has 0 aromatic heterocycles. The van der Waals surface area contributed by atoms with Gasteiger partial charge in [0.05, 0.1) is 6.54 Å². The van der Waals surface area contributed by atoms with Gasteiger partial charge in [-0.1, -0.05) is 82.8 Å². The molecule has 5 nitrogen and oxygen atoms in total. The number of Topliss-reactive ketones (excluding diaryl/α,β-unsaturated/α-hetero) is 1. The smallest absolute Gasteiger partial charge is 0.407 e. The van der Waals surface area contributed by atoms with Crippen LogP contribution in [0.4, 0.5) is 4.79 Å². The minimum atomic E-state index is -2.06. The molecule has 1 aromatic rings. The van der Waals surface area contributed by atoms with Gasteiger partial charge in [0, 0.05) is 0 Å². The van der Waals surface area contributed by atoms with Gasteiger partial charge in [0.2, 0.25) is 14.4 Å². The standard InChI is InChI=1S/C16H13Cl4NO4/c17-15(18)11-6-7-14(25-11,16(19,20)12(15)22)9-21-13(23)24-8-10-4-2-1-3-5-10/h1-7,11H,8-9H2,(H,21,23). The third kappa shape index (κ3) is 3.24. The van der Waals surface area contributed by atoms with E-state index in [1.54, 1.807) is 0 Å². The maximum Gasteiger partial charge on any atom is 0.407 e. The van der Waals surface area contributed by atoms with Crippen LogP contribution < -0.4 is 5.32 Å². The highest BCUT2D eigenvalue weighted by atomic mass is 35.5. The summed E-state index contributed by atoms with van der Waals surface area (Å²) in [5, 5.41) is 2.50. The number of carbonyl (C=O) groups is 2. The summed E-state index contributed by atoms with van der Waals surface area (Å²) in [5.74, 6) is -0.799. The van der Waals surface area contributed by atoms with E-state index in [0.29, 0.717) is 0 Å². The Kier molecular flexibility index (Phi) is 4.99. The molecule has 134 valence electrons. The molecule has 25 heavy (non-hydrogen) atoms. The van der Waals surface area contributed by atoms with Crippen molar-refractivity contribution >= 4 is 58.3 Å². The molecule has 2 unspecified atom stereocenters. The van der Waals surface area contributed by atoms with Crippen LogP contribution in [-0.2, 0) is 20.9 Å². The molecule has 1 N–H and O–H groups in total. The number of hydrogen-bond acceptors (Lipinski definition) is 4. The lowest BCUT2D eigenvalue weighted by Crippen LogP contribution is -2.66. The Labute approximate surface area is 164 Å². The van der Waals surface area contributed by atoms with Crippen LogP contribution in [0.5, 0.6) is 0 Å². The van der Waals surface area contributed by atoms with Crippen molar-refractivity contribution in [1.29, 1.82) is 0 Å². The van der Waals surface area contributed by atoms with Gasteiger partial charge < -0.3 is 14.8 Å². The normalized spacial score (nSPS) is 28.6. The Morgan fingerprint density at radius 1 is 1.20 bits per heavy atom. The summed E-state index contributed by atoms with van der Waals surface area (Å²) < 4.78 is 6.82. The molecule has 2 heterocycles. The number of amides is 1. The van der Waals surface area contributed by atoms with Crippen LogP contribution in [0.15, 0.2) is 42.5 Å². The highest BCUT2D eigenvalue weighted by molar-refractivity contribution is 6.70. The van der Waals surface area contributed by atoms with Gasteiger partial charge in [0.1, 0.15) is 18.3 Å². The topological polar surface area (TPSA) is 64.6 Å². The number of rotatable bonds is 4. The van der Waals surface area contributed by atoms with E-state index < -0.39 is 32.2 Å². The van der Waals surface area contributed by atoms with Crippen molar-refractivity contribution in [2.75, 3.05) is 6.54 Å². The third-order valence-electron chi connectivity index (χ3n) is 4.06. The van der Waals surface area contributed by atoms with Gasteiger partial charge in [-0.25, -0.2) is 4.79 Å². The molecule has 1 aromatic carbocycles.